The lowest BCUT2D eigenvalue weighted by Gasteiger charge is -2.23. The molecule has 102 valence electrons. The fourth-order valence-electron chi connectivity index (χ4n) is 2.24. The fraction of sp³-hybridized carbons (Fsp3) is 0.818. The molecule has 0 saturated carbocycles. The summed E-state index contributed by atoms with van der Waals surface area (Å²) in [4.78, 5) is 21.1. The highest BCUT2D eigenvalue weighted by Crippen LogP contribution is 2.38. The summed E-state index contributed by atoms with van der Waals surface area (Å²) in [6, 6.07) is 0. The second-order valence-corrected chi connectivity index (χ2v) is 4.71. The first-order valence-electron chi connectivity index (χ1n) is 5.74. The van der Waals surface area contributed by atoms with E-state index >= 15 is 0 Å². The minimum absolute atomic E-state index is 0.179. The van der Waals surface area contributed by atoms with Crippen molar-refractivity contribution in [3.8, 4) is 0 Å². The first kappa shape index (κ1) is 13.4. The topological polar surface area (TPSA) is 83.1 Å². The van der Waals surface area contributed by atoms with Crippen molar-refractivity contribution in [1.29, 1.82) is 0 Å². The molecule has 2 heterocycles. The molecule has 0 aromatic heterocycles. The summed E-state index contributed by atoms with van der Waals surface area (Å²) >= 11 is 0. The standard InChI is InChI=1S/C11H17NO6/c1-11(2)17-8-6(4-12-7(14)5-13)16-10(15-3)9(8)18-11/h5-6,8-10H,4H2,1-3H3,(H,12,14). The maximum absolute atomic E-state index is 10.9. The number of carbonyl (C=O) groups is 2. The molecule has 0 aromatic rings. The molecule has 1 N–H and O–H groups in total. The van der Waals surface area contributed by atoms with E-state index in [1.54, 1.807) is 13.8 Å². The van der Waals surface area contributed by atoms with Gasteiger partial charge in [0.05, 0.1) is 0 Å². The third-order valence-corrected chi connectivity index (χ3v) is 2.92. The van der Waals surface area contributed by atoms with Crippen LogP contribution in [0.5, 0.6) is 0 Å². The van der Waals surface area contributed by atoms with Gasteiger partial charge in [-0.1, -0.05) is 0 Å². The Labute approximate surface area is 105 Å². The average molecular weight is 259 g/mol. The molecule has 0 bridgehead atoms. The Balaban J connectivity index is 2.00. The molecule has 2 aliphatic rings. The van der Waals surface area contributed by atoms with Gasteiger partial charge in [-0.25, -0.2) is 0 Å². The van der Waals surface area contributed by atoms with Gasteiger partial charge in [-0.3, -0.25) is 9.59 Å². The largest absolute Gasteiger partial charge is 0.353 e. The summed E-state index contributed by atoms with van der Waals surface area (Å²) in [6.45, 7) is 3.79. The first-order valence-corrected chi connectivity index (χ1v) is 5.74. The van der Waals surface area contributed by atoms with E-state index in [4.69, 9.17) is 18.9 Å². The molecule has 4 atom stereocenters. The molecular formula is C11H17NO6. The lowest BCUT2D eigenvalue weighted by Crippen LogP contribution is -2.40. The molecule has 0 radical (unpaired) electrons. The maximum Gasteiger partial charge on any atom is 0.284 e. The van der Waals surface area contributed by atoms with Gasteiger partial charge >= 0.3 is 0 Å². The fourth-order valence-corrected chi connectivity index (χ4v) is 2.24. The second kappa shape index (κ2) is 4.93. The lowest BCUT2D eigenvalue weighted by molar-refractivity contribution is -0.226. The maximum atomic E-state index is 10.9. The molecule has 2 rings (SSSR count). The molecule has 2 saturated heterocycles. The Bertz CT molecular complexity index is 344. The van der Waals surface area contributed by atoms with Crippen molar-refractivity contribution in [1.82, 2.24) is 5.32 Å². The highest BCUT2D eigenvalue weighted by Gasteiger charge is 2.55. The highest BCUT2D eigenvalue weighted by atomic mass is 16.8. The van der Waals surface area contributed by atoms with E-state index in [0.717, 1.165) is 0 Å². The molecule has 4 unspecified atom stereocenters. The van der Waals surface area contributed by atoms with Crippen LogP contribution in [-0.4, -0.2) is 56.2 Å². The Kier molecular flexibility index (Phi) is 3.67. The number of fused-ring (bicyclic) bond motifs is 1. The van der Waals surface area contributed by atoms with Crippen LogP contribution in [0.3, 0.4) is 0 Å². The summed E-state index contributed by atoms with van der Waals surface area (Å²) in [7, 11) is 1.52. The van der Waals surface area contributed by atoms with Crippen molar-refractivity contribution in [2.45, 2.75) is 44.2 Å². The summed E-state index contributed by atoms with van der Waals surface area (Å²) in [6.07, 6.45) is -1.36. The van der Waals surface area contributed by atoms with Crippen molar-refractivity contribution in [2.24, 2.45) is 0 Å². The zero-order valence-corrected chi connectivity index (χ0v) is 10.5. The molecule has 1 amide bonds. The Morgan fingerprint density at radius 2 is 2.06 bits per heavy atom. The van der Waals surface area contributed by atoms with E-state index in [1.165, 1.54) is 7.11 Å². The SMILES string of the molecule is COC1OC(CNC(=O)C=O)C2OC(C)(C)OC12. The van der Waals surface area contributed by atoms with E-state index < -0.39 is 24.1 Å². The van der Waals surface area contributed by atoms with Crippen LogP contribution in [-0.2, 0) is 28.5 Å². The van der Waals surface area contributed by atoms with Crippen LogP contribution in [0.4, 0.5) is 0 Å². The van der Waals surface area contributed by atoms with Gasteiger partial charge in [0.25, 0.3) is 5.91 Å². The average Bonchev–Trinajstić information content (AvgIpc) is 2.79. The van der Waals surface area contributed by atoms with Crippen LogP contribution in [0.1, 0.15) is 13.8 Å². The van der Waals surface area contributed by atoms with E-state index in [0.29, 0.717) is 0 Å². The number of nitrogens with one attached hydrogen (secondary N) is 1. The molecule has 2 fully saturated rings. The smallest absolute Gasteiger partial charge is 0.284 e. The Morgan fingerprint density at radius 1 is 1.39 bits per heavy atom. The minimum Gasteiger partial charge on any atom is -0.353 e. The lowest BCUT2D eigenvalue weighted by atomic mass is 10.1. The first-order chi connectivity index (χ1) is 8.46. The van der Waals surface area contributed by atoms with Crippen LogP contribution in [0.25, 0.3) is 0 Å². The van der Waals surface area contributed by atoms with Crippen molar-refractivity contribution >= 4 is 12.2 Å². The van der Waals surface area contributed by atoms with E-state index in [-0.39, 0.29) is 25.0 Å². The third-order valence-electron chi connectivity index (χ3n) is 2.92. The van der Waals surface area contributed by atoms with Gasteiger partial charge in [-0.15, -0.1) is 0 Å². The molecule has 18 heavy (non-hydrogen) atoms. The van der Waals surface area contributed by atoms with Gasteiger partial charge in [0.1, 0.15) is 18.3 Å². The molecule has 7 heteroatoms. The molecule has 7 nitrogen and oxygen atoms in total. The molecular weight excluding hydrogens is 242 g/mol. The normalized spacial score (nSPS) is 37.3. The highest BCUT2D eigenvalue weighted by molar-refractivity contribution is 6.23. The van der Waals surface area contributed by atoms with Crippen LogP contribution < -0.4 is 5.32 Å². The third kappa shape index (κ3) is 2.54. The van der Waals surface area contributed by atoms with Crippen LogP contribution in [0.15, 0.2) is 0 Å². The number of ether oxygens (including phenoxy) is 4. The summed E-state index contributed by atoms with van der Waals surface area (Å²) in [5, 5.41) is 2.44. The number of methoxy groups -OCH3 is 1. The zero-order valence-electron chi connectivity index (χ0n) is 10.5. The molecule has 0 aliphatic carbocycles. The van der Waals surface area contributed by atoms with Crippen molar-refractivity contribution in [3.05, 3.63) is 0 Å². The monoisotopic (exact) mass is 259 g/mol. The molecule has 0 spiro atoms. The van der Waals surface area contributed by atoms with E-state index in [9.17, 15) is 9.59 Å². The second-order valence-electron chi connectivity index (χ2n) is 4.71. The van der Waals surface area contributed by atoms with Gasteiger partial charge < -0.3 is 24.3 Å². The quantitative estimate of drug-likeness (QED) is 0.525. The van der Waals surface area contributed by atoms with Crippen molar-refractivity contribution < 1.29 is 28.5 Å². The van der Waals surface area contributed by atoms with Gasteiger partial charge in [0.15, 0.2) is 12.1 Å². The molecule has 0 aromatic carbocycles. The van der Waals surface area contributed by atoms with Crippen molar-refractivity contribution in [3.63, 3.8) is 0 Å². The number of hydrogen-bond donors (Lipinski definition) is 1. The summed E-state index contributed by atoms with van der Waals surface area (Å²) in [5.74, 6) is -1.39. The summed E-state index contributed by atoms with van der Waals surface area (Å²) < 4.78 is 22.1. The number of hydrogen-bond acceptors (Lipinski definition) is 6. The predicted octanol–water partition coefficient (Wildman–Crippen LogP) is -0.807. The van der Waals surface area contributed by atoms with Gasteiger partial charge in [-0.05, 0) is 13.8 Å². The van der Waals surface area contributed by atoms with Crippen LogP contribution in [0.2, 0.25) is 0 Å². The van der Waals surface area contributed by atoms with Gasteiger partial charge in [-0.2, -0.15) is 0 Å². The van der Waals surface area contributed by atoms with Gasteiger partial charge in [0.2, 0.25) is 6.29 Å². The number of rotatable bonds is 4. The Morgan fingerprint density at radius 3 is 2.67 bits per heavy atom. The Hall–Kier alpha value is -1.02. The molecule has 2 aliphatic heterocycles. The van der Waals surface area contributed by atoms with E-state index in [1.807, 2.05) is 0 Å². The number of aldehydes is 1. The summed E-state index contributed by atoms with van der Waals surface area (Å²) in [5.41, 5.74) is 0. The van der Waals surface area contributed by atoms with Crippen LogP contribution in [0, 0.1) is 0 Å². The number of carbonyl (C=O) groups excluding carboxylic acids is 2. The van der Waals surface area contributed by atoms with Gasteiger partial charge in [0, 0.05) is 13.7 Å². The minimum atomic E-state index is -0.706. The van der Waals surface area contributed by atoms with Crippen molar-refractivity contribution in [2.75, 3.05) is 13.7 Å². The predicted molar refractivity (Wildman–Crippen MR) is 58.6 cm³/mol. The van der Waals surface area contributed by atoms with Crippen LogP contribution >= 0.6 is 0 Å². The number of amides is 1. The zero-order chi connectivity index (χ0) is 13.3. The van der Waals surface area contributed by atoms with E-state index in [2.05, 4.69) is 5.32 Å².